The van der Waals surface area contributed by atoms with Crippen LogP contribution in [0, 0.1) is 5.92 Å². The summed E-state index contributed by atoms with van der Waals surface area (Å²) < 4.78 is 40.0. The summed E-state index contributed by atoms with van der Waals surface area (Å²) in [6, 6.07) is 1.12. The zero-order valence-corrected chi connectivity index (χ0v) is 14.4. The summed E-state index contributed by atoms with van der Waals surface area (Å²) in [5.74, 6) is -0.439. The number of hydrogen-bond acceptors (Lipinski definition) is 3. The van der Waals surface area contributed by atoms with Gasteiger partial charge in [0.1, 0.15) is 0 Å². The maximum Gasteiger partial charge on any atom is 0.435 e. The molecule has 1 heterocycles. The number of halogens is 3. The highest BCUT2D eigenvalue weighted by atomic mass is 19.4. The number of rotatable bonds is 8. The molecule has 1 saturated carbocycles. The van der Waals surface area contributed by atoms with Crippen LogP contribution in [0.3, 0.4) is 0 Å². The van der Waals surface area contributed by atoms with Crippen molar-refractivity contribution >= 4 is 5.91 Å². The summed E-state index contributed by atoms with van der Waals surface area (Å²) in [7, 11) is 3.92. The van der Waals surface area contributed by atoms with E-state index in [1.807, 2.05) is 19.0 Å². The summed E-state index contributed by atoms with van der Waals surface area (Å²) >= 11 is 0. The highest BCUT2D eigenvalue weighted by Gasteiger charge is 2.38. The summed E-state index contributed by atoms with van der Waals surface area (Å²) in [6.07, 6.45) is -1.85. The van der Waals surface area contributed by atoms with Crippen LogP contribution >= 0.6 is 0 Å². The predicted octanol–water partition coefficient (Wildman–Crippen LogP) is 2.48. The highest BCUT2D eigenvalue weighted by Crippen LogP contribution is 2.42. The van der Waals surface area contributed by atoms with E-state index in [1.165, 1.54) is 4.68 Å². The van der Waals surface area contributed by atoms with Gasteiger partial charge in [-0.2, -0.15) is 18.3 Å². The molecule has 0 bridgehead atoms. The van der Waals surface area contributed by atoms with Crippen LogP contribution in [0.4, 0.5) is 13.2 Å². The number of nitrogens with zero attached hydrogens (tertiary/aromatic N) is 3. The van der Waals surface area contributed by atoms with E-state index in [-0.39, 0.29) is 18.4 Å². The average Bonchev–Trinajstić information content (AvgIpc) is 3.23. The molecule has 5 nitrogen and oxygen atoms in total. The number of carbonyl (C=O) groups is 1. The van der Waals surface area contributed by atoms with Gasteiger partial charge < -0.3 is 10.2 Å². The first kappa shape index (κ1) is 18.8. The molecule has 1 unspecified atom stereocenters. The lowest BCUT2D eigenvalue weighted by Crippen LogP contribution is -2.33. The third kappa shape index (κ3) is 5.22. The number of aromatic nitrogens is 2. The lowest BCUT2D eigenvalue weighted by Gasteiger charge is -2.15. The number of nitrogens with one attached hydrogen (secondary N) is 1. The van der Waals surface area contributed by atoms with Crippen LogP contribution in [0.15, 0.2) is 6.07 Å². The average molecular weight is 346 g/mol. The van der Waals surface area contributed by atoms with Crippen molar-refractivity contribution in [3.63, 3.8) is 0 Å². The van der Waals surface area contributed by atoms with Gasteiger partial charge in [-0.1, -0.05) is 6.92 Å². The van der Waals surface area contributed by atoms with Crippen molar-refractivity contribution in [2.24, 2.45) is 5.92 Å². The molecular weight excluding hydrogens is 321 g/mol. The first-order chi connectivity index (χ1) is 11.2. The number of carbonyl (C=O) groups excluding carboxylic acids is 1. The SMILES string of the molecule is CC(Cn1nc(C(F)(F)F)cc1C1CC1)C(=O)NCCCN(C)C. The molecule has 2 rings (SSSR count). The summed E-state index contributed by atoms with van der Waals surface area (Å²) in [5.41, 5.74) is -0.280. The zero-order valence-electron chi connectivity index (χ0n) is 14.4. The van der Waals surface area contributed by atoms with E-state index < -0.39 is 17.8 Å². The van der Waals surface area contributed by atoms with Crippen molar-refractivity contribution in [2.45, 2.75) is 44.8 Å². The van der Waals surface area contributed by atoms with E-state index in [0.717, 1.165) is 31.9 Å². The second kappa shape index (κ2) is 7.55. The first-order valence-corrected chi connectivity index (χ1v) is 8.26. The molecule has 1 amide bonds. The lowest BCUT2D eigenvalue weighted by molar-refractivity contribution is -0.141. The largest absolute Gasteiger partial charge is 0.435 e. The van der Waals surface area contributed by atoms with Crippen molar-refractivity contribution in [3.8, 4) is 0 Å². The Hall–Kier alpha value is -1.57. The Bertz CT molecular complexity index is 564. The lowest BCUT2D eigenvalue weighted by atomic mass is 10.1. The minimum atomic E-state index is -4.45. The minimum Gasteiger partial charge on any atom is -0.356 e. The fraction of sp³-hybridized carbons (Fsp3) is 0.750. The van der Waals surface area contributed by atoms with Crippen molar-refractivity contribution in [2.75, 3.05) is 27.2 Å². The molecule has 24 heavy (non-hydrogen) atoms. The molecule has 0 aliphatic heterocycles. The monoisotopic (exact) mass is 346 g/mol. The molecule has 1 fully saturated rings. The minimum absolute atomic E-state index is 0.143. The molecule has 136 valence electrons. The second-order valence-corrected chi connectivity index (χ2v) is 6.76. The van der Waals surface area contributed by atoms with Crippen LogP contribution in [-0.2, 0) is 17.5 Å². The van der Waals surface area contributed by atoms with Gasteiger partial charge in [0.15, 0.2) is 5.69 Å². The summed E-state index contributed by atoms with van der Waals surface area (Å²) in [5, 5.41) is 6.52. The summed E-state index contributed by atoms with van der Waals surface area (Å²) in [6.45, 7) is 3.31. The van der Waals surface area contributed by atoms with Crippen molar-refractivity contribution in [1.29, 1.82) is 0 Å². The molecule has 1 aromatic heterocycles. The first-order valence-electron chi connectivity index (χ1n) is 8.26. The van der Waals surface area contributed by atoms with Crippen molar-refractivity contribution in [3.05, 3.63) is 17.5 Å². The fourth-order valence-corrected chi connectivity index (χ4v) is 2.55. The van der Waals surface area contributed by atoms with Gasteiger partial charge in [0.25, 0.3) is 0 Å². The molecule has 0 radical (unpaired) electrons. The van der Waals surface area contributed by atoms with Crippen molar-refractivity contribution < 1.29 is 18.0 Å². The standard InChI is InChI=1S/C16H25F3N4O/c1-11(15(24)20-7-4-8-22(2)3)10-23-13(12-5-6-12)9-14(21-23)16(17,18)19/h9,11-12H,4-8,10H2,1-3H3,(H,20,24). The highest BCUT2D eigenvalue weighted by molar-refractivity contribution is 5.78. The van der Waals surface area contributed by atoms with Crippen LogP contribution in [0.2, 0.25) is 0 Å². The van der Waals surface area contributed by atoms with Gasteiger partial charge in [-0.25, -0.2) is 0 Å². The number of amides is 1. The predicted molar refractivity (Wildman–Crippen MR) is 84.5 cm³/mol. The molecule has 0 aromatic carbocycles. The van der Waals surface area contributed by atoms with E-state index in [9.17, 15) is 18.0 Å². The summed E-state index contributed by atoms with van der Waals surface area (Å²) in [4.78, 5) is 14.1. The van der Waals surface area contributed by atoms with Gasteiger partial charge in [0, 0.05) is 18.2 Å². The Morgan fingerprint density at radius 1 is 1.46 bits per heavy atom. The third-order valence-corrected chi connectivity index (χ3v) is 4.07. The van der Waals surface area contributed by atoms with Crippen LogP contribution in [0.25, 0.3) is 0 Å². The van der Waals surface area contributed by atoms with Crippen molar-refractivity contribution in [1.82, 2.24) is 20.0 Å². The maximum absolute atomic E-state index is 12.9. The van der Waals surface area contributed by atoms with Gasteiger partial charge in [-0.3, -0.25) is 9.48 Å². The Kier molecular flexibility index (Phi) is 5.90. The third-order valence-electron chi connectivity index (χ3n) is 4.07. The molecule has 1 aromatic rings. The van der Waals surface area contributed by atoms with E-state index in [4.69, 9.17) is 0 Å². The normalized spacial score (nSPS) is 16.5. The Labute approximate surface area is 140 Å². The molecule has 0 spiro atoms. The quantitative estimate of drug-likeness (QED) is 0.736. The Balaban J connectivity index is 1.94. The molecule has 1 atom stereocenters. The Morgan fingerprint density at radius 2 is 2.12 bits per heavy atom. The molecule has 1 aliphatic carbocycles. The zero-order chi connectivity index (χ0) is 17.9. The van der Waals surface area contributed by atoms with Crippen LogP contribution in [-0.4, -0.2) is 47.8 Å². The van der Waals surface area contributed by atoms with E-state index in [0.29, 0.717) is 12.2 Å². The smallest absolute Gasteiger partial charge is 0.356 e. The van der Waals surface area contributed by atoms with E-state index in [1.54, 1.807) is 6.92 Å². The molecule has 1 aliphatic rings. The Morgan fingerprint density at radius 3 is 2.67 bits per heavy atom. The number of alkyl halides is 3. The molecular formula is C16H25F3N4O. The van der Waals surface area contributed by atoms with Gasteiger partial charge in [0.2, 0.25) is 5.91 Å². The molecule has 0 saturated heterocycles. The maximum atomic E-state index is 12.9. The molecule has 1 N–H and O–H groups in total. The van der Waals surface area contributed by atoms with Crippen LogP contribution < -0.4 is 5.32 Å². The van der Waals surface area contributed by atoms with Gasteiger partial charge in [-0.15, -0.1) is 0 Å². The van der Waals surface area contributed by atoms with Gasteiger partial charge in [-0.05, 0) is 46.0 Å². The topological polar surface area (TPSA) is 50.2 Å². The van der Waals surface area contributed by atoms with Crippen LogP contribution in [0.5, 0.6) is 0 Å². The van der Waals surface area contributed by atoms with E-state index in [2.05, 4.69) is 10.4 Å². The second-order valence-electron chi connectivity index (χ2n) is 6.76. The fourth-order valence-electron chi connectivity index (χ4n) is 2.55. The van der Waals surface area contributed by atoms with E-state index >= 15 is 0 Å². The van der Waals surface area contributed by atoms with Gasteiger partial charge >= 0.3 is 6.18 Å². The number of hydrogen-bond donors (Lipinski definition) is 1. The van der Waals surface area contributed by atoms with Crippen LogP contribution in [0.1, 0.15) is 43.5 Å². The van der Waals surface area contributed by atoms with Gasteiger partial charge in [0.05, 0.1) is 12.5 Å². The molecule has 8 heteroatoms.